The molecule has 20 heavy (non-hydrogen) atoms. The molecule has 0 unspecified atom stereocenters. The average molecular weight is 339 g/mol. The van der Waals surface area contributed by atoms with Crippen LogP contribution < -0.4 is 5.73 Å². The fraction of sp³-hybridized carbons (Fsp3) is 0.706. The number of halogens is 1. The topological polar surface area (TPSA) is 38.9 Å². The Balaban J connectivity index is 2.05. The third-order valence-electron chi connectivity index (χ3n) is 5.04. The third kappa shape index (κ3) is 3.82. The first-order valence-corrected chi connectivity index (χ1v) is 8.43. The molecule has 1 heterocycles. The van der Waals surface area contributed by atoms with E-state index in [2.05, 4.69) is 47.8 Å². The van der Waals surface area contributed by atoms with Gasteiger partial charge in [-0.15, -0.1) is 0 Å². The molecule has 112 valence electrons. The number of pyridine rings is 1. The van der Waals surface area contributed by atoms with Crippen LogP contribution in [0.5, 0.6) is 0 Å². The van der Waals surface area contributed by atoms with Crippen molar-refractivity contribution in [3.63, 3.8) is 0 Å². The molecule has 0 bridgehead atoms. The fourth-order valence-corrected chi connectivity index (χ4v) is 3.95. The van der Waals surface area contributed by atoms with Crippen LogP contribution in [0.3, 0.4) is 0 Å². The van der Waals surface area contributed by atoms with Gasteiger partial charge in [0.25, 0.3) is 0 Å². The van der Waals surface area contributed by atoms with Gasteiger partial charge < -0.3 is 5.73 Å². The van der Waals surface area contributed by atoms with Gasteiger partial charge in [0.1, 0.15) is 0 Å². The second-order valence-electron chi connectivity index (χ2n) is 7.53. The first-order valence-electron chi connectivity index (χ1n) is 7.64. The second kappa shape index (κ2) is 6.15. The Morgan fingerprint density at radius 1 is 1.30 bits per heavy atom. The molecular formula is C17H27BrN2. The lowest BCUT2D eigenvalue weighted by molar-refractivity contribution is 0.0926. The molecule has 1 aliphatic rings. The monoisotopic (exact) mass is 338 g/mol. The maximum atomic E-state index is 6.15. The summed E-state index contributed by atoms with van der Waals surface area (Å²) in [5.74, 6) is 0.836. The van der Waals surface area contributed by atoms with Crippen molar-refractivity contribution in [1.82, 2.24) is 4.98 Å². The van der Waals surface area contributed by atoms with Crippen molar-refractivity contribution in [1.29, 1.82) is 0 Å². The van der Waals surface area contributed by atoms with Crippen molar-refractivity contribution in [2.45, 2.75) is 52.9 Å². The van der Waals surface area contributed by atoms with Gasteiger partial charge in [-0.05, 0) is 83.0 Å². The average Bonchev–Trinajstić information content (AvgIpc) is 2.38. The van der Waals surface area contributed by atoms with Gasteiger partial charge in [-0.3, -0.25) is 4.98 Å². The Morgan fingerprint density at radius 2 is 1.95 bits per heavy atom. The highest BCUT2D eigenvalue weighted by Gasteiger charge is 2.37. The molecule has 0 spiro atoms. The maximum absolute atomic E-state index is 6.15. The van der Waals surface area contributed by atoms with Crippen molar-refractivity contribution in [3.8, 4) is 0 Å². The highest BCUT2D eigenvalue weighted by Crippen LogP contribution is 2.46. The van der Waals surface area contributed by atoms with Crippen molar-refractivity contribution < 1.29 is 0 Å². The molecule has 2 nitrogen and oxygen atoms in total. The van der Waals surface area contributed by atoms with Crippen molar-refractivity contribution in [3.05, 3.63) is 28.5 Å². The molecule has 0 aromatic carbocycles. The van der Waals surface area contributed by atoms with E-state index in [1.165, 1.54) is 31.2 Å². The van der Waals surface area contributed by atoms with Gasteiger partial charge >= 0.3 is 0 Å². The minimum absolute atomic E-state index is 0.282. The van der Waals surface area contributed by atoms with Crippen molar-refractivity contribution in [2.75, 3.05) is 6.54 Å². The highest BCUT2D eigenvalue weighted by molar-refractivity contribution is 9.10. The molecule has 3 heteroatoms. The molecule has 0 atom stereocenters. The lowest BCUT2D eigenvalue weighted by Gasteiger charge is -2.44. The van der Waals surface area contributed by atoms with Gasteiger partial charge in [0.05, 0.1) is 0 Å². The summed E-state index contributed by atoms with van der Waals surface area (Å²) in [7, 11) is 0. The summed E-state index contributed by atoms with van der Waals surface area (Å²) in [5.41, 5.74) is 8.16. The van der Waals surface area contributed by atoms with Crippen LogP contribution in [0.15, 0.2) is 22.9 Å². The number of rotatable bonds is 3. The first-order chi connectivity index (χ1) is 9.35. The number of nitrogens with two attached hydrogens (primary N) is 1. The van der Waals surface area contributed by atoms with E-state index in [0.717, 1.165) is 23.4 Å². The molecule has 1 aliphatic carbocycles. The lowest BCUT2D eigenvalue weighted by Crippen LogP contribution is -2.39. The van der Waals surface area contributed by atoms with E-state index in [1.807, 2.05) is 12.4 Å². The van der Waals surface area contributed by atoms with Crippen molar-refractivity contribution in [2.24, 2.45) is 22.5 Å². The summed E-state index contributed by atoms with van der Waals surface area (Å²) in [5, 5.41) is 0. The SMILES string of the molecule is CC(C)(C)C1CCC(CN)(Cc2cncc(Br)c2)CC1. The Hall–Kier alpha value is -0.410. The largest absolute Gasteiger partial charge is 0.330 e. The summed E-state index contributed by atoms with van der Waals surface area (Å²) < 4.78 is 1.06. The number of nitrogens with zero attached hydrogens (tertiary/aromatic N) is 1. The zero-order chi connectivity index (χ0) is 14.8. The van der Waals surface area contributed by atoms with E-state index in [1.54, 1.807) is 0 Å². The zero-order valence-corrected chi connectivity index (χ0v) is 14.5. The molecule has 1 aromatic rings. The molecule has 2 N–H and O–H groups in total. The van der Waals surface area contributed by atoms with Crippen LogP contribution in [0, 0.1) is 16.7 Å². The standard InChI is InChI=1S/C17H27BrN2/c1-16(2,3)14-4-6-17(12-19,7-5-14)9-13-8-15(18)11-20-10-13/h8,10-11,14H,4-7,9,12,19H2,1-3H3. The van der Waals surface area contributed by atoms with Gasteiger partial charge in [0.2, 0.25) is 0 Å². The fourth-order valence-electron chi connectivity index (χ4n) is 3.53. The lowest BCUT2D eigenvalue weighted by atomic mass is 9.62. The van der Waals surface area contributed by atoms with E-state index in [0.29, 0.717) is 5.41 Å². The summed E-state index contributed by atoms with van der Waals surface area (Å²) in [4.78, 5) is 4.28. The summed E-state index contributed by atoms with van der Waals surface area (Å²) >= 11 is 3.51. The van der Waals surface area contributed by atoms with Crippen LogP contribution in [-0.2, 0) is 6.42 Å². The van der Waals surface area contributed by atoms with Gasteiger partial charge in [-0.25, -0.2) is 0 Å². The zero-order valence-electron chi connectivity index (χ0n) is 13.0. The third-order valence-corrected chi connectivity index (χ3v) is 5.48. The Kier molecular flexibility index (Phi) is 4.91. The molecule has 1 saturated carbocycles. The van der Waals surface area contributed by atoms with Crippen LogP contribution in [0.2, 0.25) is 0 Å². The van der Waals surface area contributed by atoms with Crippen LogP contribution in [-0.4, -0.2) is 11.5 Å². The summed E-state index contributed by atoms with van der Waals surface area (Å²) in [6.45, 7) is 7.89. The second-order valence-corrected chi connectivity index (χ2v) is 8.45. The Bertz CT molecular complexity index is 443. The highest BCUT2D eigenvalue weighted by atomic mass is 79.9. The number of hydrogen-bond acceptors (Lipinski definition) is 2. The van der Waals surface area contributed by atoms with E-state index < -0.39 is 0 Å². The minimum atomic E-state index is 0.282. The first kappa shape index (κ1) is 16.0. The minimum Gasteiger partial charge on any atom is -0.330 e. The molecule has 0 radical (unpaired) electrons. The van der Waals surface area contributed by atoms with Crippen LogP contribution >= 0.6 is 15.9 Å². The van der Waals surface area contributed by atoms with E-state index in [-0.39, 0.29) is 5.41 Å². The predicted octanol–water partition coefficient (Wildman–Crippen LogP) is 4.57. The molecule has 2 rings (SSSR count). The predicted molar refractivity (Wildman–Crippen MR) is 88.5 cm³/mol. The van der Waals surface area contributed by atoms with Crippen LogP contribution in [0.1, 0.15) is 52.0 Å². The summed E-state index contributed by atoms with van der Waals surface area (Å²) in [6, 6.07) is 2.18. The molecule has 0 aliphatic heterocycles. The van der Waals surface area contributed by atoms with Gasteiger partial charge in [-0.1, -0.05) is 20.8 Å². The van der Waals surface area contributed by atoms with Crippen LogP contribution in [0.4, 0.5) is 0 Å². The Labute approximate surface area is 131 Å². The normalized spacial score (nSPS) is 27.6. The van der Waals surface area contributed by atoms with E-state index >= 15 is 0 Å². The number of hydrogen-bond donors (Lipinski definition) is 1. The molecule has 0 amide bonds. The number of aromatic nitrogens is 1. The molecular weight excluding hydrogens is 312 g/mol. The smallest absolute Gasteiger partial charge is 0.0410 e. The molecule has 1 aromatic heterocycles. The van der Waals surface area contributed by atoms with Gasteiger partial charge in [0, 0.05) is 16.9 Å². The molecule has 0 saturated heterocycles. The maximum Gasteiger partial charge on any atom is 0.0410 e. The van der Waals surface area contributed by atoms with Gasteiger partial charge in [0.15, 0.2) is 0 Å². The quantitative estimate of drug-likeness (QED) is 0.876. The van der Waals surface area contributed by atoms with Gasteiger partial charge in [-0.2, -0.15) is 0 Å². The summed E-state index contributed by atoms with van der Waals surface area (Å²) in [6.07, 6.45) is 10.0. The van der Waals surface area contributed by atoms with E-state index in [9.17, 15) is 0 Å². The Morgan fingerprint density at radius 3 is 2.45 bits per heavy atom. The van der Waals surface area contributed by atoms with Crippen molar-refractivity contribution >= 4 is 15.9 Å². The van der Waals surface area contributed by atoms with Crippen LogP contribution in [0.25, 0.3) is 0 Å². The van der Waals surface area contributed by atoms with E-state index in [4.69, 9.17) is 5.73 Å². The molecule has 1 fully saturated rings.